The number of carbonyl (C=O) groups is 1. The van der Waals surface area contributed by atoms with Gasteiger partial charge in [-0.3, -0.25) is 4.79 Å². The van der Waals surface area contributed by atoms with Gasteiger partial charge >= 0.3 is 5.97 Å². The van der Waals surface area contributed by atoms with E-state index in [1.54, 1.807) is 7.11 Å². The molecule has 1 N–H and O–H groups in total. The summed E-state index contributed by atoms with van der Waals surface area (Å²) in [6.07, 6.45) is 7.71. The number of hydrogen-bond acceptors (Lipinski definition) is 6. The topological polar surface area (TPSA) is 66.0 Å². The second kappa shape index (κ2) is 15.1. The largest absolute Gasteiger partial charge is 0.497 e. The molecule has 3 aromatic rings. The Kier molecular flexibility index (Phi) is 11.0. The summed E-state index contributed by atoms with van der Waals surface area (Å²) < 4.78 is 23.3. The minimum Gasteiger partial charge on any atom is -0.497 e. The lowest BCUT2D eigenvalue weighted by atomic mass is 9.67. The molecule has 0 bridgehead atoms. The molecule has 1 aliphatic heterocycles. The fourth-order valence-electron chi connectivity index (χ4n) is 6.95. The molecule has 0 amide bonds. The molecule has 44 heavy (non-hydrogen) atoms. The van der Waals surface area contributed by atoms with Crippen LogP contribution in [0.15, 0.2) is 78.9 Å². The van der Waals surface area contributed by atoms with Crippen LogP contribution in [0.3, 0.4) is 0 Å². The summed E-state index contributed by atoms with van der Waals surface area (Å²) in [5.74, 6) is 2.09. The van der Waals surface area contributed by atoms with Crippen molar-refractivity contribution in [3.8, 4) is 11.5 Å². The number of methoxy groups -OCH3 is 1. The van der Waals surface area contributed by atoms with Gasteiger partial charge in [0.25, 0.3) is 0 Å². The molecular formula is C38H49NO5. The van der Waals surface area contributed by atoms with Crippen LogP contribution >= 0.6 is 0 Å². The van der Waals surface area contributed by atoms with Crippen molar-refractivity contribution in [1.29, 1.82) is 0 Å². The maximum Gasteiger partial charge on any atom is 0.306 e. The Morgan fingerprint density at radius 3 is 2.27 bits per heavy atom. The maximum atomic E-state index is 12.3. The molecule has 1 saturated heterocycles. The lowest BCUT2D eigenvalue weighted by molar-refractivity contribution is -0.146. The number of nitrogens with one attached hydrogen (secondary N) is 1. The van der Waals surface area contributed by atoms with Gasteiger partial charge in [0, 0.05) is 25.0 Å². The zero-order valence-corrected chi connectivity index (χ0v) is 26.7. The van der Waals surface area contributed by atoms with Crippen molar-refractivity contribution < 1.29 is 23.7 Å². The summed E-state index contributed by atoms with van der Waals surface area (Å²) in [7, 11) is 1.71. The third-order valence-electron chi connectivity index (χ3n) is 9.37. The van der Waals surface area contributed by atoms with Crippen LogP contribution < -0.4 is 14.8 Å². The molecule has 1 atom stereocenters. The molecule has 0 spiro atoms. The molecule has 1 unspecified atom stereocenters. The van der Waals surface area contributed by atoms with E-state index in [9.17, 15) is 4.79 Å². The quantitative estimate of drug-likeness (QED) is 0.160. The third kappa shape index (κ3) is 9.09. The molecule has 236 valence electrons. The normalized spacial score (nSPS) is 23.1. The Balaban J connectivity index is 1.03. The molecule has 5 rings (SSSR count). The molecular weight excluding hydrogens is 550 g/mol. The zero-order chi connectivity index (χ0) is 30.8. The number of esters is 1. The van der Waals surface area contributed by atoms with Crippen LogP contribution in [-0.2, 0) is 32.8 Å². The highest BCUT2D eigenvalue weighted by atomic mass is 16.5. The van der Waals surface area contributed by atoms with Crippen LogP contribution in [0.5, 0.6) is 11.5 Å². The first-order chi connectivity index (χ1) is 21.3. The summed E-state index contributed by atoms with van der Waals surface area (Å²) in [6, 6.07) is 27.0. The van der Waals surface area contributed by atoms with Crippen LogP contribution in [0.2, 0.25) is 0 Å². The fraction of sp³-hybridized carbons (Fsp3) is 0.500. The van der Waals surface area contributed by atoms with Crippen LogP contribution in [-0.4, -0.2) is 37.9 Å². The fourth-order valence-corrected chi connectivity index (χ4v) is 6.95. The Bertz CT molecular complexity index is 1300. The second-order valence-electron chi connectivity index (χ2n) is 13.2. The lowest BCUT2D eigenvalue weighted by Crippen LogP contribution is -2.45. The predicted molar refractivity (Wildman–Crippen MR) is 174 cm³/mol. The van der Waals surface area contributed by atoms with Crippen molar-refractivity contribution in [2.75, 3.05) is 20.3 Å². The molecule has 0 aromatic heterocycles. The van der Waals surface area contributed by atoms with Gasteiger partial charge in [-0.25, -0.2) is 0 Å². The van der Waals surface area contributed by atoms with Crippen molar-refractivity contribution in [3.05, 3.63) is 95.6 Å². The van der Waals surface area contributed by atoms with Gasteiger partial charge in [0.2, 0.25) is 0 Å². The van der Waals surface area contributed by atoms with Gasteiger partial charge in [-0.1, -0.05) is 54.6 Å². The van der Waals surface area contributed by atoms with E-state index >= 15 is 0 Å². The van der Waals surface area contributed by atoms with Crippen molar-refractivity contribution in [2.45, 2.75) is 95.5 Å². The highest BCUT2D eigenvalue weighted by Gasteiger charge is 2.41. The highest BCUT2D eigenvalue weighted by Crippen LogP contribution is 2.44. The van der Waals surface area contributed by atoms with Gasteiger partial charge in [-0.15, -0.1) is 0 Å². The van der Waals surface area contributed by atoms with Gasteiger partial charge in [0.05, 0.1) is 18.8 Å². The van der Waals surface area contributed by atoms with Crippen LogP contribution in [0.25, 0.3) is 0 Å². The highest BCUT2D eigenvalue weighted by molar-refractivity contribution is 5.69. The molecule has 2 fully saturated rings. The Morgan fingerprint density at radius 2 is 1.59 bits per heavy atom. The van der Waals surface area contributed by atoms with E-state index in [1.165, 1.54) is 11.1 Å². The molecule has 2 aliphatic rings. The molecule has 1 saturated carbocycles. The lowest BCUT2D eigenvalue weighted by Gasteiger charge is -2.45. The van der Waals surface area contributed by atoms with Crippen LogP contribution in [0.1, 0.15) is 81.9 Å². The first-order valence-electron chi connectivity index (χ1n) is 16.3. The number of carbonyl (C=O) groups excluding carboxylic acids is 1. The molecule has 0 radical (unpaired) electrons. The van der Waals surface area contributed by atoms with Crippen molar-refractivity contribution in [2.24, 2.45) is 5.92 Å². The van der Waals surface area contributed by atoms with E-state index in [2.05, 4.69) is 67.7 Å². The smallest absolute Gasteiger partial charge is 0.306 e. The summed E-state index contributed by atoms with van der Waals surface area (Å²) in [5.41, 5.74) is 3.59. The third-order valence-corrected chi connectivity index (χ3v) is 9.37. The van der Waals surface area contributed by atoms with Crippen LogP contribution in [0.4, 0.5) is 0 Å². The van der Waals surface area contributed by atoms with E-state index in [-0.39, 0.29) is 23.1 Å². The number of ether oxygens (including phenoxy) is 4. The van der Waals surface area contributed by atoms with E-state index in [0.29, 0.717) is 18.9 Å². The molecule has 3 aromatic carbocycles. The van der Waals surface area contributed by atoms with E-state index in [4.69, 9.17) is 18.9 Å². The van der Waals surface area contributed by atoms with Gasteiger partial charge < -0.3 is 24.3 Å². The Labute approximate surface area is 263 Å². The molecule has 6 heteroatoms. The monoisotopic (exact) mass is 599 g/mol. The van der Waals surface area contributed by atoms with E-state index < -0.39 is 0 Å². The minimum atomic E-state index is -0.137. The molecule has 1 aliphatic carbocycles. The zero-order valence-electron chi connectivity index (χ0n) is 26.7. The van der Waals surface area contributed by atoms with Gasteiger partial charge in [0.15, 0.2) is 0 Å². The average Bonchev–Trinajstić information content (AvgIpc) is 3.04. The molecule has 6 nitrogen and oxygen atoms in total. The average molecular weight is 600 g/mol. The van der Waals surface area contributed by atoms with Crippen LogP contribution in [0, 0.1) is 5.92 Å². The number of benzene rings is 3. The Hall–Kier alpha value is -3.35. The number of hydrogen-bond donors (Lipinski definition) is 1. The minimum absolute atomic E-state index is 0.0835. The SMILES string of the molecule is COc1ccc(C2(CCNCc3ccc(OC4CCC(CC(=O)OCc5ccccc5)CC4)cc3)CCOC(C)(C)C2)cc1. The van der Waals surface area contributed by atoms with Crippen molar-refractivity contribution in [3.63, 3.8) is 0 Å². The molecule has 1 heterocycles. The van der Waals surface area contributed by atoms with E-state index in [1.807, 2.05) is 30.3 Å². The van der Waals surface area contributed by atoms with E-state index in [0.717, 1.165) is 81.7 Å². The first kappa shape index (κ1) is 32.1. The summed E-state index contributed by atoms with van der Waals surface area (Å²) in [5, 5.41) is 3.69. The summed E-state index contributed by atoms with van der Waals surface area (Å²) >= 11 is 0. The number of rotatable bonds is 13. The van der Waals surface area contributed by atoms with Gasteiger partial charge in [-0.05, 0) is 112 Å². The summed E-state index contributed by atoms with van der Waals surface area (Å²) in [6.45, 7) is 7.30. The standard InChI is InChI=1S/C38H49NO5/c1-37(2)28-38(22-24-43-37,32-13-19-33(41-3)20-14-32)21-23-39-26-30-11-17-35(18-12-30)44-34-15-9-29(10-16-34)25-36(40)42-27-31-7-5-4-6-8-31/h4-8,11-14,17-20,29,34,39H,9-10,15-16,21-28H2,1-3H3. The van der Waals surface area contributed by atoms with Gasteiger partial charge in [0.1, 0.15) is 18.1 Å². The van der Waals surface area contributed by atoms with Gasteiger partial charge in [-0.2, -0.15) is 0 Å². The van der Waals surface area contributed by atoms with Crippen molar-refractivity contribution in [1.82, 2.24) is 5.32 Å². The predicted octanol–water partition coefficient (Wildman–Crippen LogP) is 7.77. The first-order valence-corrected chi connectivity index (χ1v) is 16.3. The summed E-state index contributed by atoms with van der Waals surface area (Å²) in [4.78, 5) is 12.3. The maximum absolute atomic E-state index is 12.3. The van der Waals surface area contributed by atoms with Crippen molar-refractivity contribution >= 4 is 5.97 Å². The Morgan fingerprint density at radius 1 is 0.886 bits per heavy atom. The second-order valence-corrected chi connectivity index (χ2v) is 13.2.